The molecule has 0 bridgehead atoms. The third kappa shape index (κ3) is 3.85. The lowest BCUT2D eigenvalue weighted by atomic mass is 9.92. The Kier molecular flexibility index (Phi) is 6.14. The van der Waals surface area contributed by atoms with Gasteiger partial charge in [0.15, 0.2) is 0 Å². The zero-order chi connectivity index (χ0) is 21.3. The van der Waals surface area contributed by atoms with Gasteiger partial charge >= 0.3 is 0 Å². The maximum Gasteiger partial charge on any atom is 0.129 e. The van der Waals surface area contributed by atoms with Crippen molar-refractivity contribution < 1.29 is 19.0 Å². The maximum atomic E-state index is 15.1. The number of methoxy groups -OCH3 is 1. The Hall–Kier alpha value is -2.34. The molecule has 2 heterocycles. The van der Waals surface area contributed by atoms with E-state index < -0.39 is 6.10 Å². The van der Waals surface area contributed by atoms with Gasteiger partial charge in [0.1, 0.15) is 17.7 Å². The van der Waals surface area contributed by atoms with Gasteiger partial charge in [0, 0.05) is 40.2 Å². The van der Waals surface area contributed by atoms with Crippen LogP contribution in [0.3, 0.4) is 0 Å². The number of hydrogen-bond donors (Lipinski definition) is 1. The molecule has 3 aromatic rings. The molecule has 0 radical (unpaired) electrons. The molecular weight excluding hydrogens is 405 g/mol. The standard InChI is InChI=1S/C22H19ClFNO2.C2H6O/c1-26-19-9-7-17(24)21(20(19)13-4-5-13)22-16-11-14(23)6-8-18(16)25-10-2-3-15(25)12-27-22;1-2-3/h2-3,6-11,13,22H,4-5,12H2,1H3;3H,2H2,1H3/t22-;/m0./s1. The van der Waals surface area contributed by atoms with E-state index in [0.717, 1.165) is 41.1 Å². The Labute approximate surface area is 180 Å². The van der Waals surface area contributed by atoms with Crippen LogP contribution >= 0.6 is 11.6 Å². The monoisotopic (exact) mass is 429 g/mol. The molecule has 1 fully saturated rings. The van der Waals surface area contributed by atoms with Crippen LogP contribution in [-0.4, -0.2) is 23.4 Å². The Balaban J connectivity index is 0.000000687. The van der Waals surface area contributed by atoms with Gasteiger partial charge in [-0.2, -0.15) is 0 Å². The van der Waals surface area contributed by atoms with E-state index in [4.69, 9.17) is 26.2 Å². The van der Waals surface area contributed by atoms with Gasteiger partial charge in [0.05, 0.1) is 19.4 Å². The molecule has 1 aromatic heterocycles. The summed E-state index contributed by atoms with van der Waals surface area (Å²) < 4.78 is 29.1. The van der Waals surface area contributed by atoms with Crippen molar-refractivity contribution >= 4 is 11.6 Å². The smallest absolute Gasteiger partial charge is 0.129 e. The molecule has 1 atom stereocenters. The average molecular weight is 430 g/mol. The van der Waals surface area contributed by atoms with Crippen LogP contribution in [0.15, 0.2) is 48.7 Å². The minimum absolute atomic E-state index is 0.250. The molecule has 158 valence electrons. The number of fused-ring (bicyclic) bond motifs is 3. The largest absolute Gasteiger partial charge is 0.496 e. The van der Waals surface area contributed by atoms with Crippen LogP contribution in [0.4, 0.5) is 4.39 Å². The fourth-order valence-corrected chi connectivity index (χ4v) is 4.23. The maximum absolute atomic E-state index is 15.1. The highest BCUT2D eigenvalue weighted by Crippen LogP contribution is 2.50. The third-order valence-corrected chi connectivity index (χ3v) is 5.66. The molecular formula is C24H25ClFNO3. The van der Waals surface area contributed by atoms with E-state index in [-0.39, 0.29) is 12.4 Å². The van der Waals surface area contributed by atoms with E-state index in [9.17, 15) is 0 Å². The summed E-state index contributed by atoms with van der Waals surface area (Å²) in [6.07, 6.45) is 3.55. The fourth-order valence-electron chi connectivity index (χ4n) is 4.05. The Morgan fingerprint density at radius 2 is 1.97 bits per heavy atom. The summed E-state index contributed by atoms with van der Waals surface area (Å²) >= 11 is 6.31. The molecule has 4 nitrogen and oxygen atoms in total. The lowest BCUT2D eigenvalue weighted by molar-refractivity contribution is 0.0647. The van der Waals surface area contributed by atoms with Crippen LogP contribution in [-0.2, 0) is 11.3 Å². The number of aliphatic hydroxyl groups excluding tert-OH is 1. The second kappa shape index (κ2) is 8.80. The molecule has 1 saturated carbocycles. The van der Waals surface area contributed by atoms with Crippen molar-refractivity contribution in [2.24, 2.45) is 0 Å². The second-order valence-corrected chi connectivity index (χ2v) is 7.87. The van der Waals surface area contributed by atoms with E-state index in [2.05, 4.69) is 4.57 Å². The van der Waals surface area contributed by atoms with Crippen molar-refractivity contribution in [3.05, 3.63) is 81.9 Å². The zero-order valence-electron chi connectivity index (χ0n) is 17.1. The van der Waals surface area contributed by atoms with Crippen LogP contribution in [0.25, 0.3) is 5.69 Å². The summed E-state index contributed by atoms with van der Waals surface area (Å²) in [6, 6.07) is 12.9. The highest BCUT2D eigenvalue weighted by molar-refractivity contribution is 6.30. The average Bonchev–Trinajstić information content (AvgIpc) is 3.49. The summed E-state index contributed by atoms with van der Waals surface area (Å²) in [5, 5.41) is 8.18. The minimum atomic E-state index is -0.538. The number of halogens is 2. The third-order valence-electron chi connectivity index (χ3n) is 5.42. The van der Waals surface area contributed by atoms with Crippen LogP contribution in [0.2, 0.25) is 5.02 Å². The van der Waals surface area contributed by atoms with Crippen molar-refractivity contribution in [2.75, 3.05) is 13.7 Å². The number of hydrogen-bond acceptors (Lipinski definition) is 3. The molecule has 0 unspecified atom stereocenters. The first-order valence-corrected chi connectivity index (χ1v) is 10.5. The van der Waals surface area contributed by atoms with E-state index >= 15 is 4.39 Å². The lowest BCUT2D eigenvalue weighted by Gasteiger charge is -2.23. The van der Waals surface area contributed by atoms with Crippen LogP contribution in [0.5, 0.6) is 5.75 Å². The summed E-state index contributed by atoms with van der Waals surface area (Å²) in [4.78, 5) is 0. The van der Waals surface area contributed by atoms with Crippen molar-refractivity contribution in [3.63, 3.8) is 0 Å². The molecule has 0 amide bonds. The molecule has 1 N–H and O–H groups in total. The molecule has 2 aromatic carbocycles. The SMILES string of the molecule is CCO.COc1ccc(F)c([C@H]2OCc3cccn3-c3ccc(Cl)cc32)c1C1CC1. The van der Waals surface area contributed by atoms with E-state index in [1.165, 1.54) is 6.07 Å². The molecule has 1 aliphatic heterocycles. The van der Waals surface area contributed by atoms with Gasteiger partial charge < -0.3 is 19.1 Å². The first kappa shape index (κ1) is 20.9. The lowest BCUT2D eigenvalue weighted by Crippen LogP contribution is -2.12. The summed E-state index contributed by atoms with van der Waals surface area (Å²) in [6.45, 7) is 2.32. The highest BCUT2D eigenvalue weighted by Gasteiger charge is 2.36. The second-order valence-electron chi connectivity index (χ2n) is 7.43. The quantitative estimate of drug-likeness (QED) is 0.574. The molecule has 1 aliphatic carbocycles. The van der Waals surface area contributed by atoms with E-state index in [1.807, 2.05) is 36.5 Å². The van der Waals surface area contributed by atoms with Gasteiger partial charge in [-0.1, -0.05) is 11.6 Å². The Bertz CT molecular complexity index is 1040. The van der Waals surface area contributed by atoms with Gasteiger partial charge in [-0.25, -0.2) is 4.39 Å². The van der Waals surface area contributed by atoms with Crippen LogP contribution in [0, 0.1) is 5.82 Å². The molecule has 6 heteroatoms. The van der Waals surface area contributed by atoms with Crippen molar-refractivity contribution in [3.8, 4) is 11.4 Å². The molecule has 5 rings (SSSR count). The molecule has 30 heavy (non-hydrogen) atoms. The Morgan fingerprint density at radius 1 is 1.20 bits per heavy atom. The topological polar surface area (TPSA) is 43.6 Å². The number of aliphatic hydroxyl groups is 1. The van der Waals surface area contributed by atoms with Crippen molar-refractivity contribution in [1.82, 2.24) is 4.57 Å². The van der Waals surface area contributed by atoms with Crippen LogP contribution in [0.1, 0.15) is 54.2 Å². The summed E-state index contributed by atoms with van der Waals surface area (Å²) in [5.41, 5.74) is 4.36. The van der Waals surface area contributed by atoms with E-state index in [1.54, 1.807) is 20.1 Å². The number of rotatable bonds is 3. The van der Waals surface area contributed by atoms with Gasteiger partial charge in [0.2, 0.25) is 0 Å². The normalized spacial score (nSPS) is 17.3. The number of nitrogens with zero attached hydrogens (tertiary/aromatic N) is 1. The van der Waals surface area contributed by atoms with Gasteiger partial charge in [-0.3, -0.25) is 0 Å². The Morgan fingerprint density at radius 3 is 2.67 bits per heavy atom. The number of ether oxygens (including phenoxy) is 2. The van der Waals surface area contributed by atoms with Crippen LogP contribution < -0.4 is 4.74 Å². The predicted molar refractivity (Wildman–Crippen MR) is 115 cm³/mol. The van der Waals surface area contributed by atoms with Gasteiger partial charge in [0.25, 0.3) is 0 Å². The zero-order valence-corrected chi connectivity index (χ0v) is 17.8. The highest BCUT2D eigenvalue weighted by atomic mass is 35.5. The van der Waals surface area contributed by atoms with Gasteiger partial charge in [-0.05, 0) is 68.1 Å². The number of benzene rings is 2. The predicted octanol–water partition coefficient (Wildman–Crippen LogP) is 5.77. The first-order valence-electron chi connectivity index (χ1n) is 10.1. The minimum Gasteiger partial charge on any atom is -0.496 e. The van der Waals surface area contributed by atoms with Crippen molar-refractivity contribution in [2.45, 2.75) is 38.4 Å². The number of aromatic nitrogens is 1. The summed E-state index contributed by atoms with van der Waals surface area (Å²) in [5.74, 6) is 0.782. The first-order chi connectivity index (χ1) is 14.6. The summed E-state index contributed by atoms with van der Waals surface area (Å²) in [7, 11) is 1.63. The van der Waals surface area contributed by atoms with Crippen molar-refractivity contribution in [1.29, 1.82) is 0 Å². The molecule has 2 aliphatic rings. The van der Waals surface area contributed by atoms with Gasteiger partial charge in [-0.15, -0.1) is 0 Å². The van der Waals surface area contributed by atoms with E-state index in [0.29, 0.717) is 23.1 Å². The fraction of sp³-hybridized carbons (Fsp3) is 0.333. The molecule has 0 spiro atoms. The molecule has 0 saturated heterocycles.